The second-order valence-electron chi connectivity index (χ2n) is 12.6. The number of ether oxygens (including phenoxy) is 1. The number of carbonyl (C=O) groups excluding carboxylic acids is 1. The molecule has 1 N–H and O–H groups in total. The van der Waals surface area contributed by atoms with Crippen LogP contribution >= 0.6 is 0 Å². The number of hydrogen-bond donors (Lipinski definition) is 1. The van der Waals surface area contributed by atoms with E-state index in [1.165, 1.54) is 57.8 Å². The molecule has 0 aliphatic rings. The molecule has 1 atom stereocenters. The lowest BCUT2D eigenvalue weighted by molar-refractivity contribution is -0.147. The maximum atomic E-state index is 12.5. The first-order valence-corrected chi connectivity index (χ1v) is 18.5. The highest BCUT2D eigenvalue weighted by Crippen LogP contribution is 2.37. The SMILES string of the molecule is CCCCCCCCC=CCCCCCCCC(=O)OCC(CO)O[Si](c1ccccc1)(c1ccccc1)C(C)(C)C. The molecule has 5 heteroatoms. The van der Waals surface area contributed by atoms with E-state index in [-0.39, 0.29) is 24.2 Å². The minimum atomic E-state index is -2.83. The molecule has 0 heterocycles. The van der Waals surface area contributed by atoms with Gasteiger partial charge in [0.15, 0.2) is 0 Å². The number of allylic oxidation sites excluding steroid dienone is 2. The first-order valence-electron chi connectivity index (χ1n) is 16.6. The predicted octanol–water partition coefficient (Wildman–Crippen LogP) is 8.50. The molecular formula is C37H58O4Si. The summed E-state index contributed by atoms with van der Waals surface area (Å²) in [6.45, 7) is 8.72. The third kappa shape index (κ3) is 12.6. The molecule has 0 spiro atoms. The Morgan fingerprint density at radius 2 is 1.24 bits per heavy atom. The summed E-state index contributed by atoms with van der Waals surface area (Å²) in [5, 5.41) is 12.3. The first kappa shape index (κ1) is 36.0. The van der Waals surface area contributed by atoms with Crippen molar-refractivity contribution in [1.29, 1.82) is 0 Å². The van der Waals surface area contributed by atoms with E-state index in [0.717, 1.165) is 36.1 Å². The van der Waals surface area contributed by atoms with Gasteiger partial charge in [0.25, 0.3) is 8.32 Å². The van der Waals surface area contributed by atoms with Crippen LogP contribution < -0.4 is 10.4 Å². The Morgan fingerprint density at radius 1 is 0.762 bits per heavy atom. The molecule has 0 amide bonds. The quantitative estimate of drug-likeness (QED) is 0.0643. The lowest BCUT2D eigenvalue weighted by Gasteiger charge is -2.44. The van der Waals surface area contributed by atoms with Crippen LogP contribution in [-0.2, 0) is 14.0 Å². The highest BCUT2D eigenvalue weighted by molar-refractivity contribution is 6.99. The van der Waals surface area contributed by atoms with E-state index in [0.29, 0.717) is 6.42 Å². The van der Waals surface area contributed by atoms with Gasteiger partial charge in [0.2, 0.25) is 0 Å². The maximum Gasteiger partial charge on any atom is 0.305 e. The maximum absolute atomic E-state index is 12.5. The summed E-state index contributed by atoms with van der Waals surface area (Å²) in [5.74, 6) is -0.211. The van der Waals surface area contributed by atoms with Crippen molar-refractivity contribution in [2.75, 3.05) is 13.2 Å². The van der Waals surface area contributed by atoms with Crippen LogP contribution in [0.2, 0.25) is 5.04 Å². The minimum absolute atomic E-state index is 0.0604. The molecule has 2 rings (SSSR count). The molecule has 0 saturated heterocycles. The molecule has 234 valence electrons. The average Bonchev–Trinajstić information content (AvgIpc) is 2.99. The van der Waals surface area contributed by atoms with Crippen molar-refractivity contribution >= 4 is 24.7 Å². The Kier molecular flexibility index (Phi) is 17.7. The van der Waals surface area contributed by atoms with Crippen molar-refractivity contribution in [3.8, 4) is 0 Å². The summed E-state index contributed by atoms with van der Waals surface area (Å²) in [6.07, 6.45) is 20.5. The molecular weight excluding hydrogens is 536 g/mol. The van der Waals surface area contributed by atoms with Crippen LogP contribution in [0, 0.1) is 0 Å². The molecule has 42 heavy (non-hydrogen) atoms. The number of carbonyl (C=O) groups is 1. The molecule has 0 saturated carbocycles. The van der Waals surface area contributed by atoms with Crippen molar-refractivity contribution in [3.63, 3.8) is 0 Å². The van der Waals surface area contributed by atoms with Crippen molar-refractivity contribution in [2.45, 2.75) is 129 Å². The molecule has 0 fully saturated rings. The largest absolute Gasteiger partial charge is 0.463 e. The van der Waals surface area contributed by atoms with E-state index in [2.05, 4.69) is 64.1 Å². The normalized spacial score (nSPS) is 13.0. The van der Waals surface area contributed by atoms with Crippen LogP contribution in [-0.4, -0.2) is 38.7 Å². The van der Waals surface area contributed by atoms with Gasteiger partial charge in [-0.1, -0.05) is 152 Å². The predicted molar refractivity (Wildman–Crippen MR) is 180 cm³/mol. The molecule has 0 aliphatic heterocycles. The topological polar surface area (TPSA) is 55.8 Å². The molecule has 0 bridgehead atoms. The summed E-state index contributed by atoms with van der Waals surface area (Å²) in [4.78, 5) is 12.5. The fourth-order valence-corrected chi connectivity index (χ4v) is 10.3. The lowest BCUT2D eigenvalue weighted by Crippen LogP contribution is -2.68. The van der Waals surface area contributed by atoms with E-state index < -0.39 is 14.4 Å². The third-order valence-corrected chi connectivity index (χ3v) is 13.1. The number of benzene rings is 2. The molecule has 2 aromatic carbocycles. The summed E-state index contributed by atoms with van der Waals surface area (Å²) in [6, 6.07) is 20.7. The molecule has 4 nitrogen and oxygen atoms in total. The fourth-order valence-electron chi connectivity index (χ4n) is 5.66. The second kappa shape index (κ2) is 20.7. The highest BCUT2D eigenvalue weighted by atomic mass is 28.4. The van der Waals surface area contributed by atoms with Gasteiger partial charge in [-0.05, 0) is 47.5 Å². The number of unbranched alkanes of at least 4 members (excludes halogenated alkanes) is 11. The molecule has 0 aliphatic carbocycles. The van der Waals surface area contributed by atoms with Crippen molar-refractivity contribution < 1.29 is 19.1 Å². The highest BCUT2D eigenvalue weighted by Gasteiger charge is 2.51. The summed E-state index contributed by atoms with van der Waals surface area (Å²) < 4.78 is 12.5. The molecule has 2 aromatic rings. The van der Waals surface area contributed by atoms with E-state index >= 15 is 0 Å². The number of aliphatic hydroxyl groups is 1. The van der Waals surface area contributed by atoms with Gasteiger partial charge >= 0.3 is 5.97 Å². The Bertz CT molecular complexity index is 944. The first-order chi connectivity index (χ1) is 20.3. The van der Waals surface area contributed by atoms with E-state index in [1.54, 1.807) is 0 Å². The van der Waals surface area contributed by atoms with Gasteiger partial charge in [-0.15, -0.1) is 0 Å². The Balaban J connectivity index is 1.74. The average molecular weight is 595 g/mol. The van der Waals surface area contributed by atoms with Crippen LogP contribution in [0.3, 0.4) is 0 Å². The van der Waals surface area contributed by atoms with Crippen molar-refractivity contribution in [2.24, 2.45) is 0 Å². The number of rotatable bonds is 22. The van der Waals surface area contributed by atoms with Crippen LogP contribution in [0.25, 0.3) is 0 Å². The minimum Gasteiger partial charge on any atom is -0.463 e. The zero-order valence-electron chi connectivity index (χ0n) is 27.0. The summed E-state index contributed by atoms with van der Waals surface area (Å²) >= 11 is 0. The van der Waals surface area contributed by atoms with Gasteiger partial charge in [0, 0.05) is 6.42 Å². The number of aliphatic hydroxyl groups excluding tert-OH is 1. The fraction of sp³-hybridized carbons (Fsp3) is 0.595. The number of esters is 1. The Hall–Kier alpha value is -2.21. The Morgan fingerprint density at radius 3 is 1.71 bits per heavy atom. The van der Waals surface area contributed by atoms with Crippen LogP contribution in [0.1, 0.15) is 118 Å². The smallest absolute Gasteiger partial charge is 0.305 e. The Labute approximate surface area is 258 Å². The molecule has 1 unspecified atom stereocenters. The van der Waals surface area contributed by atoms with Crippen molar-refractivity contribution in [3.05, 3.63) is 72.8 Å². The molecule has 0 aromatic heterocycles. The van der Waals surface area contributed by atoms with Gasteiger partial charge in [0.1, 0.15) is 12.7 Å². The van der Waals surface area contributed by atoms with Gasteiger partial charge < -0.3 is 14.3 Å². The van der Waals surface area contributed by atoms with Crippen LogP contribution in [0.4, 0.5) is 0 Å². The standard InChI is InChI=1S/C37H58O4Si/c1-5-6-7-8-9-10-11-12-13-14-15-16-17-18-25-30-36(39)40-32-33(31-38)41-42(37(2,3)4,34-26-21-19-22-27-34)35-28-23-20-24-29-35/h12-13,19-24,26-29,33,38H,5-11,14-18,25,30-32H2,1-4H3. The summed E-state index contributed by atoms with van der Waals surface area (Å²) in [7, 11) is -2.83. The lowest BCUT2D eigenvalue weighted by atomic mass is 10.1. The third-order valence-electron chi connectivity index (χ3n) is 8.04. The summed E-state index contributed by atoms with van der Waals surface area (Å²) in [5.41, 5.74) is 0. The number of hydrogen-bond acceptors (Lipinski definition) is 4. The second-order valence-corrected chi connectivity index (χ2v) is 16.9. The zero-order chi connectivity index (χ0) is 30.5. The van der Waals surface area contributed by atoms with Gasteiger partial charge in [0.05, 0.1) is 6.61 Å². The van der Waals surface area contributed by atoms with Gasteiger partial charge in [-0.2, -0.15) is 0 Å². The van der Waals surface area contributed by atoms with Gasteiger partial charge in [-0.3, -0.25) is 4.79 Å². The van der Waals surface area contributed by atoms with Crippen LogP contribution in [0.15, 0.2) is 72.8 Å². The molecule has 0 radical (unpaired) electrons. The zero-order valence-corrected chi connectivity index (χ0v) is 28.0. The van der Waals surface area contributed by atoms with E-state index in [9.17, 15) is 9.90 Å². The van der Waals surface area contributed by atoms with Crippen molar-refractivity contribution in [1.82, 2.24) is 0 Å². The van der Waals surface area contributed by atoms with Crippen LogP contribution in [0.5, 0.6) is 0 Å². The van der Waals surface area contributed by atoms with E-state index in [4.69, 9.17) is 9.16 Å². The van der Waals surface area contributed by atoms with Gasteiger partial charge in [-0.25, -0.2) is 0 Å². The van der Waals surface area contributed by atoms with E-state index in [1.807, 2.05) is 36.4 Å². The monoisotopic (exact) mass is 594 g/mol.